The fraction of sp³-hybridized carbons (Fsp3) is 0.190. The van der Waals surface area contributed by atoms with Crippen molar-refractivity contribution in [3.05, 3.63) is 72.3 Å². The van der Waals surface area contributed by atoms with Gasteiger partial charge in [-0.1, -0.05) is 0 Å². The highest BCUT2D eigenvalue weighted by molar-refractivity contribution is 5.89. The number of hydrogen-bond acceptors (Lipinski definition) is 4. The molecule has 29 heavy (non-hydrogen) atoms. The molecule has 0 radical (unpaired) electrons. The molecule has 3 aromatic rings. The maximum atomic E-state index is 13.0. The molecule has 1 fully saturated rings. The molecule has 0 spiro atoms. The lowest BCUT2D eigenvalue weighted by atomic mass is 10.1. The summed E-state index contributed by atoms with van der Waals surface area (Å²) in [6, 6.07) is 15.3. The smallest absolute Gasteiger partial charge is 0.321 e. The zero-order valence-corrected chi connectivity index (χ0v) is 15.6. The summed E-state index contributed by atoms with van der Waals surface area (Å²) < 4.78 is 26.0. The van der Waals surface area contributed by atoms with E-state index >= 15 is 0 Å². The number of halogens is 2. The molecule has 6 nitrogen and oxygen atoms in total. The van der Waals surface area contributed by atoms with Crippen LogP contribution in [0, 0.1) is 11.6 Å². The number of carbonyl (C=O) groups excluding carboxylic acids is 1. The SMILES string of the molecule is O=C(Nc1ccc(F)cc1)N1CCN(c2ccc(-c3ccc(F)cc3)nn2)CC1. The van der Waals surface area contributed by atoms with Gasteiger partial charge in [0.2, 0.25) is 0 Å². The lowest BCUT2D eigenvalue weighted by Crippen LogP contribution is -2.50. The molecular weight excluding hydrogens is 376 g/mol. The average Bonchev–Trinajstić information content (AvgIpc) is 2.76. The molecule has 2 amide bonds. The molecule has 2 heterocycles. The zero-order valence-electron chi connectivity index (χ0n) is 15.6. The lowest BCUT2D eigenvalue weighted by molar-refractivity contribution is 0.208. The van der Waals surface area contributed by atoms with Crippen LogP contribution in [0.5, 0.6) is 0 Å². The molecule has 1 aromatic heterocycles. The van der Waals surface area contributed by atoms with Crippen LogP contribution in [0.15, 0.2) is 60.7 Å². The normalized spacial score (nSPS) is 14.0. The second-order valence-corrected chi connectivity index (χ2v) is 6.69. The largest absolute Gasteiger partial charge is 0.352 e. The number of anilines is 2. The quantitative estimate of drug-likeness (QED) is 0.733. The Bertz CT molecular complexity index is 969. The third-order valence-electron chi connectivity index (χ3n) is 4.78. The van der Waals surface area contributed by atoms with Gasteiger partial charge in [0.15, 0.2) is 5.82 Å². The Morgan fingerprint density at radius 1 is 0.793 bits per heavy atom. The van der Waals surface area contributed by atoms with Gasteiger partial charge in [-0.2, -0.15) is 0 Å². The maximum absolute atomic E-state index is 13.0. The number of nitrogens with one attached hydrogen (secondary N) is 1. The molecule has 0 aliphatic carbocycles. The Morgan fingerprint density at radius 2 is 1.41 bits per heavy atom. The van der Waals surface area contributed by atoms with Crippen LogP contribution in [0.1, 0.15) is 0 Å². The van der Waals surface area contributed by atoms with Crippen molar-refractivity contribution in [1.29, 1.82) is 0 Å². The summed E-state index contributed by atoms with van der Waals surface area (Å²) in [5.41, 5.74) is 2.03. The van der Waals surface area contributed by atoms with Crippen LogP contribution in [-0.4, -0.2) is 47.3 Å². The van der Waals surface area contributed by atoms with Gasteiger partial charge < -0.3 is 15.1 Å². The molecule has 1 aliphatic rings. The minimum Gasteiger partial charge on any atom is -0.352 e. The van der Waals surface area contributed by atoms with E-state index in [1.807, 2.05) is 12.1 Å². The number of aromatic nitrogens is 2. The summed E-state index contributed by atoms with van der Waals surface area (Å²) in [4.78, 5) is 16.1. The van der Waals surface area contributed by atoms with Gasteiger partial charge in [-0.05, 0) is 60.7 Å². The summed E-state index contributed by atoms with van der Waals surface area (Å²) in [6.07, 6.45) is 0. The summed E-state index contributed by atoms with van der Waals surface area (Å²) >= 11 is 0. The van der Waals surface area contributed by atoms with E-state index in [0.29, 0.717) is 37.6 Å². The summed E-state index contributed by atoms with van der Waals surface area (Å²) in [7, 11) is 0. The van der Waals surface area contributed by atoms with Crippen LogP contribution in [-0.2, 0) is 0 Å². The number of piperazine rings is 1. The fourth-order valence-corrected chi connectivity index (χ4v) is 3.14. The summed E-state index contributed by atoms with van der Waals surface area (Å²) in [5, 5.41) is 11.3. The highest BCUT2D eigenvalue weighted by Crippen LogP contribution is 2.20. The molecule has 2 aromatic carbocycles. The van der Waals surface area contributed by atoms with E-state index in [2.05, 4.69) is 20.4 Å². The van der Waals surface area contributed by atoms with Crippen LogP contribution in [0.3, 0.4) is 0 Å². The van der Waals surface area contributed by atoms with Crippen molar-refractivity contribution in [2.45, 2.75) is 0 Å². The van der Waals surface area contributed by atoms with E-state index in [4.69, 9.17) is 0 Å². The number of benzene rings is 2. The Labute approximate surface area is 166 Å². The van der Waals surface area contributed by atoms with Gasteiger partial charge in [0.1, 0.15) is 11.6 Å². The van der Waals surface area contributed by atoms with Crippen molar-refractivity contribution in [2.24, 2.45) is 0 Å². The number of urea groups is 1. The topological polar surface area (TPSA) is 61.4 Å². The van der Waals surface area contributed by atoms with Gasteiger partial charge in [0, 0.05) is 37.4 Å². The highest BCUT2D eigenvalue weighted by Gasteiger charge is 2.22. The Kier molecular flexibility index (Phi) is 5.33. The number of carbonyl (C=O) groups is 1. The minimum atomic E-state index is -0.344. The van der Waals surface area contributed by atoms with Crippen molar-refractivity contribution in [3.8, 4) is 11.3 Å². The first-order chi connectivity index (χ1) is 14.1. The van der Waals surface area contributed by atoms with Crippen LogP contribution < -0.4 is 10.2 Å². The molecule has 0 bridgehead atoms. The summed E-state index contributed by atoms with van der Waals surface area (Å²) in [6.45, 7) is 2.33. The second-order valence-electron chi connectivity index (χ2n) is 6.69. The van der Waals surface area contributed by atoms with Crippen LogP contribution in [0.25, 0.3) is 11.3 Å². The van der Waals surface area contributed by atoms with E-state index in [1.54, 1.807) is 17.0 Å². The van der Waals surface area contributed by atoms with Gasteiger partial charge >= 0.3 is 6.03 Å². The van der Waals surface area contributed by atoms with E-state index < -0.39 is 0 Å². The summed E-state index contributed by atoms with van der Waals surface area (Å²) in [5.74, 6) is 0.0947. The highest BCUT2D eigenvalue weighted by atomic mass is 19.1. The predicted molar refractivity (Wildman–Crippen MR) is 107 cm³/mol. The van der Waals surface area contributed by atoms with Crippen LogP contribution >= 0.6 is 0 Å². The van der Waals surface area contributed by atoms with Gasteiger partial charge in [-0.15, -0.1) is 10.2 Å². The molecule has 0 saturated carbocycles. The zero-order chi connectivity index (χ0) is 20.2. The van der Waals surface area contributed by atoms with Gasteiger partial charge in [-0.3, -0.25) is 0 Å². The molecule has 0 atom stereocenters. The van der Waals surface area contributed by atoms with Crippen LogP contribution in [0.2, 0.25) is 0 Å². The van der Waals surface area contributed by atoms with Crippen LogP contribution in [0.4, 0.5) is 25.1 Å². The van der Waals surface area contributed by atoms with E-state index in [1.165, 1.54) is 36.4 Å². The fourth-order valence-electron chi connectivity index (χ4n) is 3.14. The van der Waals surface area contributed by atoms with Gasteiger partial charge in [0.05, 0.1) is 5.69 Å². The number of amides is 2. The third kappa shape index (κ3) is 4.48. The van der Waals surface area contributed by atoms with Gasteiger partial charge in [-0.25, -0.2) is 13.6 Å². The lowest BCUT2D eigenvalue weighted by Gasteiger charge is -2.35. The average molecular weight is 395 g/mol. The molecule has 8 heteroatoms. The Morgan fingerprint density at radius 3 is 2.00 bits per heavy atom. The van der Waals surface area contributed by atoms with Crippen molar-refractivity contribution >= 4 is 17.5 Å². The maximum Gasteiger partial charge on any atom is 0.321 e. The Balaban J connectivity index is 1.33. The number of hydrogen-bond donors (Lipinski definition) is 1. The molecule has 1 N–H and O–H groups in total. The first-order valence-electron chi connectivity index (χ1n) is 9.24. The standard InChI is InChI=1S/C21H19F2N5O/c22-16-3-1-15(2-4-16)19-9-10-20(26-25-19)27-11-13-28(14-12-27)21(29)24-18-7-5-17(23)6-8-18/h1-10H,11-14H2,(H,24,29). The van der Waals surface area contributed by atoms with E-state index in [0.717, 1.165) is 11.4 Å². The second kappa shape index (κ2) is 8.22. The predicted octanol–water partition coefficient (Wildman–Crippen LogP) is 3.78. The van der Waals surface area contributed by atoms with E-state index in [-0.39, 0.29) is 17.7 Å². The Hall–Kier alpha value is -3.55. The first kappa shape index (κ1) is 18.8. The molecule has 148 valence electrons. The molecule has 0 unspecified atom stereocenters. The first-order valence-corrected chi connectivity index (χ1v) is 9.24. The number of nitrogens with zero attached hydrogens (tertiary/aromatic N) is 4. The van der Waals surface area contributed by atoms with Crippen molar-refractivity contribution in [1.82, 2.24) is 15.1 Å². The molecular formula is C21H19F2N5O. The molecule has 1 saturated heterocycles. The van der Waals surface area contributed by atoms with Crippen molar-refractivity contribution < 1.29 is 13.6 Å². The monoisotopic (exact) mass is 395 g/mol. The van der Waals surface area contributed by atoms with Gasteiger partial charge in [0.25, 0.3) is 0 Å². The van der Waals surface area contributed by atoms with E-state index in [9.17, 15) is 13.6 Å². The minimum absolute atomic E-state index is 0.214. The van der Waals surface area contributed by atoms with Crippen molar-refractivity contribution in [3.63, 3.8) is 0 Å². The third-order valence-corrected chi connectivity index (χ3v) is 4.78. The van der Waals surface area contributed by atoms with Crippen molar-refractivity contribution in [2.75, 3.05) is 36.4 Å². The molecule has 4 rings (SSSR count). The number of rotatable bonds is 3. The molecule has 1 aliphatic heterocycles.